The zero-order valence-corrected chi connectivity index (χ0v) is 12.5. The van der Waals surface area contributed by atoms with Crippen LogP contribution >= 0.6 is 0 Å². The van der Waals surface area contributed by atoms with Crippen LogP contribution in [0.15, 0.2) is 59.8 Å². The maximum atomic E-state index is 12.5. The standard InChI is InChI=1S/C15H13N3O3S/c1-18-12-7-3-2-6-11(12)15(19)13(22(18,20)21)10-17-14-8-4-5-9-16-14/h2-10H,1H3,(H,16,17)/b13-10+. The molecule has 6 nitrogen and oxygen atoms in total. The number of ketones is 1. The average Bonchev–Trinajstić information content (AvgIpc) is 2.54. The van der Waals surface area contributed by atoms with E-state index in [4.69, 9.17) is 0 Å². The van der Waals surface area contributed by atoms with Gasteiger partial charge in [0, 0.05) is 25.0 Å². The number of allylic oxidation sites excluding steroid dienone is 1. The third kappa shape index (κ3) is 2.25. The van der Waals surface area contributed by atoms with Crippen LogP contribution in [-0.2, 0) is 10.0 Å². The number of hydrogen-bond acceptors (Lipinski definition) is 5. The van der Waals surface area contributed by atoms with Crippen LogP contribution in [0.25, 0.3) is 0 Å². The van der Waals surface area contributed by atoms with Gasteiger partial charge < -0.3 is 5.32 Å². The number of fused-ring (bicyclic) bond motifs is 1. The normalized spacial score (nSPS) is 18.1. The van der Waals surface area contributed by atoms with E-state index in [1.54, 1.807) is 48.7 Å². The summed E-state index contributed by atoms with van der Waals surface area (Å²) in [6.45, 7) is 0. The molecular weight excluding hydrogens is 302 g/mol. The zero-order chi connectivity index (χ0) is 15.7. The number of carbonyl (C=O) groups is 1. The van der Waals surface area contributed by atoms with E-state index >= 15 is 0 Å². The Bertz CT molecular complexity index is 861. The van der Waals surface area contributed by atoms with Crippen molar-refractivity contribution in [2.24, 2.45) is 0 Å². The lowest BCUT2D eigenvalue weighted by molar-refractivity contribution is 0.104. The third-order valence-corrected chi connectivity index (χ3v) is 5.14. The Morgan fingerprint density at radius 3 is 2.59 bits per heavy atom. The van der Waals surface area contributed by atoms with Gasteiger partial charge in [0.05, 0.1) is 5.69 Å². The highest BCUT2D eigenvalue weighted by Crippen LogP contribution is 2.33. The molecule has 0 unspecified atom stereocenters. The second-order valence-electron chi connectivity index (χ2n) is 4.69. The van der Waals surface area contributed by atoms with Crippen LogP contribution in [0.1, 0.15) is 10.4 Å². The van der Waals surface area contributed by atoms with Gasteiger partial charge in [-0.2, -0.15) is 0 Å². The molecule has 0 saturated carbocycles. The highest BCUT2D eigenvalue weighted by molar-refractivity contribution is 7.97. The average molecular weight is 315 g/mol. The molecule has 1 aliphatic heterocycles. The van der Waals surface area contributed by atoms with E-state index in [-0.39, 0.29) is 4.91 Å². The molecule has 7 heteroatoms. The van der Waals surface area contributed by atoms with Gasteiger partial charge in [-0.3, -0.25) is 9.10 Å². The van der Waals surface area contributed by atoms with Gasteiger partial charge in [-0.05, 0) is 24.3 Å². The second-order valence-corrected chi connectivity index (χ2v) is 6.62. The van der Waals surface area contributed by atoms with Crippen molar-refractivity contribution in [3.05, 3.63) is 65.3 Å². The lowest BCUT2D eigenvalue weighted by Crippen LogP contribution is -2.36. The van der Waals surface area contributed by atoms with Gasteiger partial charge in [-0.25, -0.2) is 13.4 Å². The number of carbonyl (C=O) groups excluding carboxylic acids is 1. The summed E-state index contributed by atoms with van der Waals surface area (Å²) in [5.41, 5.74) is 0.733. The summed E-state index contributed by atoms with van der Waals surface area (Å²) in [7, 11) is -2.45. The van der Waals surface area contributed by atoms with E-state index in [2.05, 4.69) is 10.3 Å². The smallest absolute Gasteiger partial charge is 0.269 e. The number of aromatic nitrogens is 1. The molecule has 0 spiro atoms. The minimum Gasteiger partial charge on any atom is -0.345 e. The van der Waals surface area contributed by atoms with Crippen molar-refractivity contribution in [2.45, 2.75) is 0 Å². The summed E-state index contributed by atoms with van der Waals surface area (Å²) in [5, 5.41) is 2.75. The van der Waals surface area contributed by atoms with E-state index in [0.29, 0.717) is 17.1 Å². The fourth-order valence-corrected chi connectivity index (χ4v) is 3.46. The van der Waals surface area contributed by atoms with Crippen molar-refractivity contribution in [1.82, 2.24) is 4.98 Å². The van der Waals surface area contributed by atoms with Crippen LogP contribution in [0, 0.1) is 0 Å². The largest absolute Gasteiger partial charge is 0.345 e. The topological polar surface area (TPSA) is 79.4 Å². The molecule has 0 fully saturated rings. The van der Waals surface area contributed by atoms with Gasteiger partial charge in [-0.1, -0.05) is 18.2 Å². The highest BCUT2D eigenvalue weighted by Gasteiger charge is 2.37. The summed E-state index contributed by atoms with van der Waals surface area (Å²) in [6.07, 6.45) is 2.76. The molecule has 0 aliphatic carbocycles. The highest BCUT2D eigenvalue weighted by atomic mass is 32.2. The molecule has 2 aromatic rings. The van der Waals surface area contributed by atoms with Crippen LogP contribution in [-0.4, -0.2) is 26.2 Å². The number of anilines is 2. The number of hydrogen-bond donors (Lipinski definition) is 1. The maximum absolute atomic E-state index is 12.5. The Kier molecular flexibility index (Phi) is 3.42. The Labute approximate surface area is 128 Å². The Morgan fingerprint density at radius 2 is 1.86 bits per heavy atom. The van der Waals surface area contributed by atoms with Crippen molar-refractivity contribution >= 4 is 27.3 Å². The van der Waals surface area contributed by atoms with Crippen molar-refractivity contribution < 1.29 is 13.2 Å². The van der Waals surface area contributed by atoms with E-state index in [9.17, 15) is 13.2 Å². The first kappa shape index (κ1) is 14.3. The Morgan fingerprint density at radius 1 is 1.14 bits per heavy atom. The Hall–Kier alpha value is -2.67. The van der Waals surface area contributed by atoms with Gasteiger partial charge in [0.25, 0.3) is 10.0 Å². The van der Waals surface area contributed by atoms with E-state index < -0.39 is 15.8 Å². The lowest BCUT2D eigenvalue weighted by atomic mass is 10.1. The van der Waals surface area contributed by atoms with E-state index in [1.165, 1.54) is 13.2 Å². The molecule has 1 N–H and O–H groups in total. The maximum Gasteiger partial charge on any atom is 0.269 e. The molecular formula is C15H13N3O3S. The zero-order valence-electron chi connectivity index (χ0n) is 11.7. The fraction of sp³-hybridized carbons (Fsp3) is 0.0667. The lowest BCUT2D eigenvalue weighted by Gasteiger charge is -2.27. The molecule has 22 heavy (non-hydrogen) atoms. The number of pyridine rings is 1. The van der Waals surface area contributed by atoms with Crippen molar-refractivity contribution in [3.8, 4) is 0 Å². The molecule has 1 aromatic carbocycles. The Balaban J connectivity index is 2.06. The molecule has 2 heterocycles. The van der Waals surface area contributed by atoms with Crippen molar-refractivity contribution in [2.75, 3.05) is 16.7 Å². The minimum absolute atomic E-state index is 0.306. The van der Waals surface area contributed by atoms with Crippen LogP contribution in [0.2, 0.25) is 0 Å². The second kappa shape index (κ2) is 5.27. The van der Waals surface area contributed by atoms with Crippen LogP contribution in [0.4, 0.5) is 11.5 Å². The molecule has 0 bridgehead atoms. The van der Waals surface area contributed by atoms with E-state index in [1.807, 2.05) is 0 Å². The predicted molar refractivity (Wildman–Crippen MR) is 84.0 cm³/mol. The quantitative estimate of drug-likeness (QED) is 0.857. The van der Waals surface area contributed by atoms with Crippen LogP contribution < -0.4 is 9.62 Å². The number of nitrogens with zero attached hydrogens (tertiary/aromatic N) is 2. The van der Waals surface area contributed by atoms with Gasteiger partial charge >= 0.3 is 0 Å². The molecule has 0 atom stereocenters. The fourth-order valence-electron chi connectivity index (χ4n) is 2.19. The number of sulfonamides is 1. The number of para-hydroxylation sites is 1. The van der Waals surface area contributed by atoms with Crippen molar-refractivity contribution in [3.63, 3.8) is 0 Å². The first-order chi connectivity index (χ1) is 10.5. The number of Topliss-reactive ketones (excluding diaryl/α,β-unsaturated/α-hetero) is 1. The van der Waals surface area contributed by atoms with Gasteiger partial charge in [0.1, 0.15) is 5.82 Å². The van der Waals surface area contributed by atoms with Gasteiger partial charge in [0.2, 0.25) is 5.78 Å². The molecule has 3 rings (SSSR count). The van der Waals surface area contributed by atoms with E-state index in [0.717, 1.165) is 4.31 Å². The predicted octanol–water partition coefficient (Wildman–Crippen LogP) is 2.00. The summed E-state index contributed by atoms with van der Waals surface area (Å²) < 4.78 is 26.1. The first-order valence-corrected chi connectivity index (χ1v) is 7.96. The molecule has 0 radical (unpaired) electrons. The van der Waals surface area contributed by atoms with Crippen molar-refractivity contribution in [1.29, 1.82) is 0 Å². The number of nitrogens with one attached hydrogen (secondary N) is 1. The molecule has 1 aromatic heterocycles. The number of rotatable bonds is 2. The van der Waals surface area contributed by atoms with Gasteiger partial charge in [0.15, 0.2) is 4.91 Å². The summed E-state index contributed by atoms with van der Waals surface area (Å²) in [6, 6.07) is 11.8. The number of benzene rings is 1. The minimum atomic E-state index is -3.88. The first-order valence-electron chi connectivity index (χ1n) is 6.52. The summed E-state index contributed by atoms with van der Waals surface area (Å²) >= 11 is 0. The SMILES string of the molecule is CN1c2ccccc2C(=O)/C(=C\Nc2ccccn2)S1(=O)=O. The summed E-state index contributed by atoms with van der Waals surface area (Å²) in [4.78, 5) is 16.2. The summed E-state index contributed by atoms with van der Waals surface area (Å²) in [5.74, 6) is -0.0726. The van der Waals surface area contributed by atoms with Crippen LogP contribution in [0.3, 0.4) is 0 Å². The molecule has 1 aliphatic rings. The molecule has 0 saturated heterocycles. The monoisotopic (exact) mass is 315 g/mol. The van der Waals surface area contributed by atoms with Gasteiger partial charge in [-0.15, -0.1) is 0 Å². The van der Waals surface area contributed by atoms with Crippen LogP contribution in [0.5, 0.6) is 0 Å². The molecule has 112 valence electrons. The molecule has 0 amide bonds. The third-order valence-electron chi connectivity index (χ3n) is 3.37.